The average Bonchev–Trinajstić information content (AvgIpc) is 3.18. The topological polar surface area (TPSA) is 45.3 Å². The number of hydrogen-bond donors (Lipinski definition) is 0. The molecule has 0 radical (unpaired) electrons. The van der Waals surface area contributed by atoms with Gasteiger partial charge in [0.25, 0.3) is 0 Å². The van der Waals surface area contributed by atoms with Crippen LogP contribution in [0.5, 0.6) is 0 Å². The highest BCUT2D eigenvalue weighted by molar-refractivity contribution is 5.76. The highest BCUT2D eigenvalue weighted by Crippen LogP contribution is 2.45. The lowest BCUT2D eigenvalue weighted by Gasteiger charge is -2.51. The molecule has 6 nitrogen and oxygen atoms in total. The molecule has 1 aliphatic carbocycles. The van der Waals surface area contributed by atoms with Crippen LogP contribution in [0.2, 0.25) is 0 Å². The van der Waals surface area contributed by atoms with Crippen LogP contribution >= 0.6 is 0 Å². The fourth-order valence-electron chi connectivity index (χ4n) is 6.57. The second-order valence-corrected chi connectivity index (χ2v) is 10.9. The van der Waals surface area contributed by atoms with Crippen molar-refractivity contribution in [3.63, 3.8) is 0 Å². The normalized spacial score (nSPS) is 28.1. The van der Waals surface area contributed by atoms with Crippen LogP contribution in [0, 0.1) is 11.8 Å². The minimum Gasteiger partial charge on any atom is -0.348 e. The molecular weight excluding hydrogens is 402 g/mol. The number of ether oxygens (including phenoxy) is 2. The van der Waals surface area contributed by atoms with Crippen molar-refractivity contribution in [1.82, 2.24) is 14.7 Å². The number of likely N-dealkylation sites (N-methyl/N-ethyl adjacent to an activating group) is 1. The van der Waals surface area contributed by atoms with Gasteiger partial charge in [0.2, 0.25) is 5.91 Å². The van der Waals surface area contributed by atoms with Gasteiger partial charge in [-0.2, -0.15) is 0 Å². The highest BCUT2D eigenvalue weighted by atomic mass is 16.7. The van der Waals surface area contributed by atoms with Crippen molar-refractivity contribution in [2.45, 2.75) is 104 Å². The number of fused-ring (bicyclic) bond motifs is 1. The van der Waals surface area contributed by atoms with E-state index in [0.717, 1.165) is 71.6 Å². The van der Waals surface area contributed by atoms with E-state index in [1.54, 1.807) is 0 Å². The molecule has 3 fully saturated rings. The predicted molar refractivity (Wildman–Crippen MR) is 130 cm³/mol. The van der Waals surface area contributed by atoms with Gasteiger partial charge >= 0.3 is 0 Å². The molecular formula is C26H49N3O3. The summed E-state index contributed by atoms with van der Waals surface area (Å²) in [6.07, 6.45) is 6.15. The zero-order valence-electron chi connectivity index (χ0n) is 21.6. The summed E-state index contributed by atoms with van der Waals surface area (Å²) in [6, 6.07) is 1.63. The molecule has 0 aromatic heterocycles. The third kappa shape index (κ3) is 6.25. The van der Waals surface area contributed by atoms with E-state index in [-0.39, 0.29) is 5.79 Å². The monoisotopic (exact) mass is 451 g/mol. The number of carbonyl (C=O) groups excluding carboxylic acids is 1. The maximum Gasteiger partial charge on any atom is 0.222 e. The van der Waals surface area contributed by atoms with Crippen molar-refractivity contribution in [1.29, 1.82) is 0 Å². The molecule has 1 saturated carbocycles. The summed E-state index contributed by atoms with van der Waals surface area (Å²) in [6.45, 7) is 19.6. The number of carbonyl (C=O) groups is 1. The molecule has 2 aliphatic heterocycles. The number of nitrogens with zero attached hydrogens (tertiary/aromatic N) is 3. The number of piperidine rings is 1. The van der Waals surface area contributed by atoms with Gasteiger partial charge in [-0.3, -0.25) is 14.6 Å². The molecule has 3 atom stereocenters. The van der Waals surface area contributed by atoms with Crippen LogP contribution in [0.4, 0.5) is 0 Å². The molecule has 3 rings (SSSR count). The Morgan fingerprint density at radius 3 is 2.38 bits per heavy atom. The third-order valence-electron chi connectivity index (χ3n) is 8.01. The Bertz CT molecular complexity index is 583. The zero-order valence-corrected chi connectivity index (χ0v) is 21.6. The summed E-state index contributed by atoms with van der Waals surface area (Å²) in [5.74, 6) is 1.01. The Kier molecular flexibility index (Phi) is 9.42. The van der Waals surface area contributed by atoms with Crippen molar-refractivity contribution in [2.75, 3.05) is 45.9 Å². The maximum absolute atomic E-state index is 13.3. The first kappa shape index (κ1) is 25.9. The Labute approximate surface area is 197 Å². The minimum absolute atomic E-state index is 0.332. The van der Waals surface area contributed by atoms with E-state index < -0.39 is 0 Å². The smallest absolute Gasteiger partial charge is 0.222 e. The van der Waals surface area contributed by atoms with Crippen molar-refractivity contribution < 1.29 is 14.3 Å². The molecule has 3 aliphatic rings. The number of likely N-dealkylation sites (tertiary alicyclic amines) is 1. The van der Waals surface area contributed by atoms with Gasteiger partial charge < -0.3 is 14.4 Å². The van der Waals surface area contributed by atoms with Crippen molar-refractivity contribution in [2.24, 2.45) is 11.8 Å². The molecule has 0 unspecified atom stereocenters. The van der Waals surface area contributed by atoms with E-state index in [1.807, 2.05) is 0 Å². The van der Waals surface area contributed by atoms with Gasteiger partial charge in [-0.05, 0) is 72.3 Å². The Morgan fingerprint density at radius 1 is 1.09 bits per heavy atom. The fraction of sp³-hybridized carbons (Fsp3) is 0.962. The second-order valence-electron chi connectivity index (χ2n) is 10.9. The molecule has 186 valence electrons. The van der Waals surface area contributed by atoms with Gasteiger partial charge in [0, 0.05) is 63.6 Å². The van der Waals surface area contributed by atoms with Gasteiger partial charge in [-0.25, -0.2) is 0 Å². The highest BCUT2D eigenvalue weighted by Gasteiger charge is 2.49. The molecule has 6 heteroatoms. The summed E-state index contributed by atoms with van der Waals surface area (Å²) >= 11 is 0. The van der Waals surface area contributed by atoms with Gasteiger partial charge in [-0.15, -0.1) is 0 Å². The standard InChI is InChI=1S/C26H49N3O3/c1-7-11-28-19-22(16-23-18-26(10-9-24(23)28)31-14-15-32-26)17-25(30)27(8-2)12-13-29(20(3)4)21(5)6/h20-24H,7-19H2,1-6H3/t22-,23-,24-/m1/s1. The largest absolute Gasteiger partial charge is 0.348 e. The van der Waals surface area contributed by atoms with Gasteiger partial charge in [-0.1, -0.05) is 6.92 Å². The van der Waals surface area contributed by atoms with Crippen LogP contribution in [0.25, 0.3) is 0 Å². The number of rotatable bonds is 10. The molecule has 0 bridgehead atoms. The van der Waals surface area contributed by atoms with Crippen LogP contribution in [0.3, 0.4) is 0 Å². The summed E-state index contributed by atoms with van der Waals surface area (Å²) < 4.78 is 12.1. The molecule has 0 aromatic rings. The van der Waals surface area contributed by atoms with Gasteiger partial charge in [0.15, 0.2) is 5.79 Å². The van der Waals surface area contributed by atoms with Crippen LogP contribution in [0.1, 0.15) is 80.1 Å². The molecule has 32 heavy (non-hydrogen) atoms. The van der Waals surface area contributed by atoms with E-state index in [4.69, 9.17) is 9.47 Å². The maximum atomic E-state index is 13.3. The summed E-state index contributed by atoms with van der Waals surface area (Å²) in [4.78, 5) is 20.6. The third-order valence-corrected chi connectivity index (χ3v) is 8.01. The van der Waals surface area contributed by atoms with E-state index in [9.17, 15) is 4.79 Å². The quantitative estimate of drug-likeness (QED) is 0.503. The summed E-state index contributed by atoms with van der Waals surface area (Å²) in [7, 11) is 0. The molecule has 1 spiro atoms. The number of amides is 1. The van der Waals surface area contributed by atoms with E-state index >= 15 is 0 Å². The van der Waals surface area contributed by atoms with Crippen LogP contribution in [-0.4, -0.2) is 90.5 Å². The van der Waals surface area contributed by atoms with Crippen molar-refractivity contribution in [3.05, 3.63) is 0 Å². The average molecular weight is 452 g/mol. The van der Waals surface area contributed by atoms with Crippen LogP contribution < -0.4 is 0 Å². The Balaban J connectivity index is 1.60. The second kappa shape index (κ2) is 11.6. The molecule has 2 heterocycles. The fourth-order valence-corrected chi connectivity index (χ4v) is 6.57. The zero-order chi connectivity index (χ0) is 23.3. The van der Waals surface area contributed by atoms with Crippen molar-refractivity contribution >= 4 is 5.91 Å². The summed E-state index contributed by atoms with van der Waals surface area (Å²) in [5.41, 5.74) is 0. The van der Waals surface area contributed by atoms with Crippen LogP contribution in [0.15, 0.2) is 0 Å². The molecule has 2 saturated heterocycles. The first-order chi connectivity index (χ1) is 15.3. The van der Waals surface area contributed by atoms with Crippen molar-refractivity contribution in [3.8, 4) is 0 Å². The van der Waals surface area contributed by atoms with E-state index in [1.165, 1.54) is 6.42 Å². The summed E-state index contributed by atoms with van der Waals surface area (Å²) in [5, 5.41) is 0. The lowest BCUT2D eigenvalue weighted by Crippen LogP contribution is -2.55. The van der Waals surface area contributed by atoms with E-state index in [0.29, 0.717) is 42.3 Å². The van der Waals surface area contributed by atoms with E-state index in [2.05, 4.69) is 56.2 Å². The lowest BCUT2D eigenvalue weighted by atomic mass is 9.72. The molecule has 0 aromatic carbocycles. The number of hydrogen-bond acceptors (Lipinski definition) is 5. The Hall–Kier alpha value is -0.690. The van der Waals surface area contributed by atoms with Crippen LogP contribution in [-0.2, 0) is 14.3 Å². The SMILES string of the molecule is CCCN1C[C@@H](CC(=O)N(CC)CCN(C(C)C)C(C)C)C[C@@H]2CC3(CC[C@H]21)OCCO3. The molecule has 1 amide bonds. The first-order valence-corrected chi connectivity index (χ1v) is 13.3. The molecule has 0 N–H and O–H groups in total. The minimum atomic E-state index is -0.336. The Morgan fingerprint density at radius 2 is 1.78 bits per heavy atom. The predicted octanol–water partition coefficient (Wildman–Crippen LogP) is 3.99. The van der Waals surface area contributed by atoms with Gasteiger partial charge in [0.1, 0.15) is 0 Å². The first-order valence-electron chi connectivity index (χ1n) is 13.3. The lowest BCUT2D eigenvalue weighted by molar-refractivity contribution is -0.203. The van der Waals surface area contributed by atoms with Gasteiger partial charge in [0.05, 0.1) is 13.2 Å².